The highest BCUT2D eigenvalue weighted by atomic mass is 16.6. The van der Waals surface area contributed by atoms with Crippen LogP contribution < -0.4 is 0 Å². The number of carbonyl (C=O) groups is 4. The van der Waals surface area contributed by atoms with Crippen LogP contribution in [0.3, 0.4) is 0 Å². The van der Waals surface area contributed by atoms with Crippen LogP contribution in [0.1, 0.15) is 27.2 Å². The van der Waals surface area contributed by atoms with E-state index in [1.807, 2.05) is 0 Å². The lowest BCUT2D eigenvalue weighted by molar-refractivity contribution is -0.149. The Balaban J connectivity index is 5.85. The molecule has 1 N–H and O–H groups in total. The fourth-order valence-corrected chi connectivity index (χ4v) is 1.37. The average molecular weight is 302 g/mol. The Kier molecular flexibility index (Phi) is 8.43. The molecule has 0 spiro atoms. The molecule has 0 unspecified atom stereocenters. The predicted molar refractivity (Wildman–Crippen MR) is 69.2 cm³/mol. The van der Waals surface area contributed by atoms with Crippen LogP contribution in [0.25, 0.3) is 0 Å². The van der Waals surface area contributed by atoms with Crippen molar-refractivity contribution in [1.82, 2.24) is 0 Å². The first-order valence-electron chi connectivity index (χ1n) is 6.35. The van der Waals surface area contributed by atoms with Gasteiger partial charge >= 0.3 is 23.9 Å². The molecule has 0 saturated carbocycles. The highest BCUT2D eigenvalue weighted by Gasteiger charge is 2.31. The van der Waals surface area contributed by atoms with E-state index in [9.17, 15) is 19.2 Å². The van der Waals surface area contributed by atoms with Crippen molar-refractivity contribution in [2.75, 3.05) is 19.8 Å². The number of ether oxygens (including phenoxy) is 3. The molecule has 21 heavy (non-hydrogen) atoms. The van der Waals surface area contributed by atoms with Crippen LogP contribution in [0.15, 0.2) is 11.1 Å². The lowest BCUT2D eigenvalue weighted by Crippen LogP contribution is -2.25. The van der Waals surface area contributed by atoms with Gasteiger partial charge in [0.2, 0.25) is 0 Å². The second-order valence-electron chi connectivity index (χ2n) is 3.59. The highest BCUT2D eigenvalue weighted by Crippen LogP contribution is 2.15. The maximum absolute atomic E-state index is 11.8. The lowest BCUT2D eigenvalue weighted by Gasteiger charge is -2.11. The number of esters is 3. The number of aliphatic carboxylic acids is 1. The Morgan fingerprint density at radius 2 is 1.14 bits per heavy atom. The van der Waals surface area contributed by atoms with Crippen molar-refractivity contribution in [3.8, 4) is 0 Å². The van der Waals surface area contributed by atoms with E-state index in [-0.39, 0.29) is 19.8 Å². The van der Waals surface area contributed by atoms with Gasteiger partial charge < -0.3 is 19.3 Å². The van der Waals surface area contributed by atoms with E-state index in [0.717, 1.165) is 0 Å². The SMILES string of the molecule is CCOC(=O)C(CC(=O)O)=C(C(=O)OCC)C(=O)OCC. The normalized spacial score (nSPS) is 9.48. The van der Waals surface area contributed by atoms with Gasteiger partial charge in [-0.1, -0.05) is 0 Å². The van der Waals surface area contributed by atoms with E-state index in [4.69, 9.17) is 5.11 Å². The number of hydrogen-bond donors (Lipinski definition) is 1. The second-order valence-corrected chi connectivity index (χ2v) is 3.59. The molecule has 0 amide bonds. The number of rotatable bonds is 8. The fraction of sp³-hybridized carbons (Fsp3) is 0.538. The van der Waals surface area contributed by atoms with Gasteiger partial charge in [-0.15, -0.1) is 0 Å². The Morgan fingerprint density at radius 3 is 1.48 bits per heavy atom. The number of carboxylic acids is 1. The number of carbonyl (C=O) groups excluding carboxylic acids is 3. The average Bonchev–Trinajstić information content (AvgIpc) is 2.38. The van der Waals surface area contributed by atoms with E-state index < -0.39 is 41.4 Å². The second kappa shape index (κ2) is 9.51. The summed E-state index contributed by atoms with van der Waals surface area (Å²) in [7, 11) is 0. The van der Waals surface area contributed by atoms with E-state index >= 15 is 0 Å². The quantitative estimate of drug-likeness (QED) is 0.226. The first-order chi connectivity index (χ1) is 9.88. The van der Waals surface area contributed by atoms with Crippen molar-refractivity contribution in [2.45, 2.75) is 27.2 Å². The summed E-state index contributed by atoms with van der Waals surface area (Å²) in [5.74, 6) is -4.72. The molecule has 0 fully saturated rings. The Morgan fingerprint density at radius 1 is 0.762 bits per heavy atom. The van der Waals surface area contributed by atoms with E-state index in [0.29, 0.717) is 0 Å². The number of carboxylic acid groups (broad SMARTS) is 1. The van der Waals surface area contributed by atoms with Crippen LogP contribution in [0, 0.1) is 0 Å². The lowest BCUT2D eigenvalue weighted by atomic mass is 10.1. The molecular formula is C13H18O8. The van der Waals surface area contributed by atoms with Crippen LogP contribution in [0.5, 0.6) is 0 Å². The molecule has 0 saturated heterocycles. The zero-order valence-corrected chi connectivity index (χ0v) is 12.1. The predicted octanol–water partition coefficient (Wildman–Crippen LogP) is 0.447. The van der Waals surface area contributed by atoms with Gasteiger partial charge in [-0.25, -0.2) is 14.4 Å². The Bertz CT molecular complexity index is 429. The maximum Gasteiger partial charge on any atom is 0.346 e. The van der Waals surface area contributed by atoms with Crippen LogP contribution in [-0.4, -0.2) is 48.8 Å². The van der Waals surface area contributed by atoms with Crippen LogP contribution >= 0.6 is 0 Å². The molecule has 8 heteroatoms. The minimum Gasteiger partial charge on any atom is -0.481 e. The maximum atomic E-state index is 11.8. The standard InChI is InChI=1S/C13H18O8/c1-4-19-11(16)8(7-9(14)15)10(12(17)20-5-2)13(18)21-6-3/h4-7H2,1-3H3,(H,14,15). The van der Waals surface area contributed by atoms with Crippen molar-refractivity contribution in [3.63, 3.8) is 0 Å². The minimum atomic E-state index is -1.40. The summed E-state index contributed by atoms with van der Waals surface area (Å²) in [6, 6.07) is 0. The van der Waals surface area contributed by atoms with Gasteiger partial charge in [-0.05, 0) is 20.8 Å². The fourth-order valence-electron chi connectivity index (χ4n) is 1.37. The summed E-state index contributed by atoms with van der Waals surface area (Å²) >= 11 is 0. The molecule has 0 aliphatic carbocycles. The van der Waals surface area contributed by atoms with E-state index in [1.165, 1.54) is 20.8 Å². The van der Waals surface area contributed by atoms with Crippen molar-refractivity contribution in [3.05, 3.63) is 11.1 Å². The van der Waals surface area contributed by atoms with Gasteiger partial charge in [0, 0.05) is 0 Å². The van der Waals surface area contributed by atoms with Crippen LogP contribution in [0.2, 0.25) is 0 Å². The van der Waals surface area contributed by atoms with Crippen molar-refractivity contribution >= 4 is 23.9 Å². The third-order valence-corrected chi connectivity index (χ3v) is 2.11. The molecule has 0 radical (unpaired) electrons. The first kappa shape index (κ1) is 18.6. The molecule has 0 aromatic rings. The highest BCUT2D eigenvalue weighted by molar-refractivity contribution is 6.19. The smallest absolute Gasteiger partial charge is 0.346 e. The van der Waals surface area contributed by atoms with Crippen LogP contribution in [-0.2, 0) is 33.4 Å². The zero-order valence-electron chi connectivity index (χ0n) is 12.1. The summed E-state index contributed by atoms with van der Waals surface area (Å²) in [4.78, 5) is 46.2. The summed E-state index contributed by atoms with van der Waals surface area (Å²) in [6.07, 6.45) is -0.855. The molecule has 0 aromatic heterocycles. The monoisotopic (exact) mass is 302 g/mol. The van der Waals surface area contributed by atoms with Crippen molar-refractivity contribution in [1.29, 1.82) is 0 Å². The topological polar surface area (TPSA) is 116 Å². The molecule has 0 heterocycles. The molecule has 0 aliphatic heterocycles. The van der Waals surface area contributed by atoms with Crippen molar-refractivity contribution in [2.24, 2.45) is 0 Å². The molecule has 0 aromatic carbocycles. The molecule has 0 aliphatic rings. The Hall–Kier alpha value is -2.38. The molecule has 8 nitrogen and oxygen atoms in total. The number of hydrogen-bond acceptors (Lipinski definition) is 7. The summed E-state index contributed by atoms with van der Waals surface area (Å²) in [5, 5.41) is 8.83. The molecule has 0 atom stereocenters. The minimum absolute atomic E-state index is 0.0408. The summed E-state index contributed by atoms with van der Waals surface area (Å²) in [5.41, 5.74) is -1.35. The van der Waals surface area contributed by atoms with Gasteiger partial charge in [-0.2, -0.15) is 0 Å². The van der Waals surface area contributed by atoms with Gasteiger partial charge in [-0.3, -0.25) is 4.79 Å². The van der Waals surface area contributed by atoms with E-state index in [1.54, 1.807) is 0 Å². The van der Waals surface area contributed by atoms with E-state index in [2.05, 4.69) is 14.2 Å². The largest absolute Gasteiger partial charge is 0.481 e. The summed E-state index contributed by atoms with van der Waals surface area (Å²) in [6.45, 7) is 4.37. The molecule has 118 valence electrons. The van der Waals surface area contributed by atoms with Gasteiger partial charge in [0.05, 0.1) is 31.8 Å². The third kappa shape index (κ3) is 6.07. The van der Waals surface area contributed by atoms with Gasteiger partial charge in [0.25, 0.3) is 0 Å². The third-order valence-electron chi connectivity index (χ3n) is 2.11. The molecular weight excluding hydrogens is 284 g/mol. The first-order valence-corrected chi connectivity index (χ1v) is 6.35. The Labute approximate surface area is 121 Å². The van der Waals surface area contributed by atoms with Gasteiger partial charge in [0.15, 0.2) is 5.57 Å². The van der Waals surface area contributed by atoms with Crippen LogP contribution in [0.4, 0.5) is 0 Å². The summed E-state index contributed by atoms with van der Waals surface area (Å²) < 4.78 is 14.0. The van der Waals surface area contributed by atoms with Crippen molar-refractivity contribution < 1.29 is 38.5 Å². The van der Waals surface area contributed by atoms with Gasteiger partial charge in [0.1, 0.15) is 0 Å². The molecule has 0 rings (SSSR count). The zero-order chi connectivity index (χ0) is 16.4. The molecule has 0 bridgehead atoms.